The molecule has 1 rings (SSSR count). The molecule has 0 saturated carbocycles. The van der Waals surface area contributed by atoms with Crippen LogP contribution in [0.5, 0.6) is 5.75 Å². The summed E-state index contributed by atoms with van der Waals surface area (Å²) in [5, 5.41) is 7.93. The van der Waals surface area contributed by atoms with Gasteiger partial charge in [0.05, 0.1) is 0 Å². The second-order valence-corrected chi connectivity index (χ2v) is 2.63. The third-order valence-corrected chi connectivity index (χ3v) is 1.78. The summed E-state index contributed by atoms with van der Waals surface area (Å²) in [4.78, 5) is 4.00. The van der Waals surface area contributed by atoms with Crippen LogP contribution in [-0.4, -0.2) is 10.0 Å². The maximum atomic E-state index is 7.93. The molecule has 1 aromatic rings. The molecule has 0 aliphatic rings. The molecule has 0 spiro atoms. The molecule has 12 heavy (non-hydrogen) atoms. The maximum Gasteiger partial charge on any atom is 0.417 e. The van der Waals surface area contributed by atoms with Crippen LogP contribution in [-0.2, 0) is 9.46 Å². The van der Waals surface area contributed by atoms with Crippen LogP contribution in [0, 0.1) is 11.5 Å². The topological polar surface area (TPSA) is 51.5 Å². The number of benzene rings is 1. The number of rotatable bonds is 4. The van der Waals surface area contributed by atoms with Crippen LogP contribution in [0.1, 0.15) is 0 Å². The number of para-hydroxylation sites is 1. The summed E-state index contributed by atoms with van der Waals surface area (Å²) in [5.41, 5.74) is 0. The zero-order valence-electron chi connectivity index (χ0n) is 6.27. The smallest absolute Gasteiger partial charge is 0.417 e. The van der Waals surface area contributed by atoms with E-state index < -0.39 is 10.0 Å². The highest BCUT2D eigenvalue weighted by Crippen LogP contribution is 2.06. The van der Waals surface area contributed by atoms with Gasteiger partial charge in [0, 0.05) is 0 Å². The van der Waals surface area contributed by atoms with E-state index in [0.29, 0.717) is 0 Å². The summed E-state index contributed by atoms with van der Waals surface area (Å²) in [6, 6.07) is 9.22. The van der Waals surface area contributed by atoms with Gasteiger partial charge < -0.3 is 4.43 Å². The van der Waals surface area contributed by atoms with Gasteiger partial charge >= 0.3 is 16.3 Å². The monoisotopic (exact) mass is 181 g/mol. The Balaban J connectivity index is 2.21. The van der Waals surface area contributed by atoms with Crippen molar-refractivity contribution in [3.8, 4) is 12.0 Å². The third kappa shape index (κ3) is 3.05. The van der Waals surface area contributed by atoms with E-state index in [9.17, 15) is 0 Å². The molecule has 0 amide bonds. The molecule has 0 atom stereocenters. The van der Waals surface area contributed by atoms with E-state index in [0.717, 1.165) is 5.75 Å². The highest BCUT2D eigenvalue weighted by Gasteiger charge is 1.92. The average Bonchev–Trinajstić information content (AvgIpc) is 2.14. The Bertz CT molecular complexity index is 259. The lowest BCUT2D eigenvalue weighted by atomic mass is 10.3. The van der Waals surface area contributed by atoms with Crippen LogP contribution in [0.25, 0.3) is 0 Å². The minimum atomic E-state index is -1.24. The van der Waals surface area contributed by atoms with Gasteiger partial charge in [0.15, 0.2) is 0 Å². The molecular weight excluding hydrogens is 174 g/mol. The van der Waals surface area contributed by atoms with Gasteiger partial charge in [0.25, 0.3) is 0 Å². The van der Waals surface area contributed by atoms with Crippen molar-refractivity contribution < 1.29 is 13.9 Å². The van der Waals surface area contributed by atoms with Crippen molar-refractivity contribution in [1.82, 2.24) is 0 Å². The van der Waals surface area contributed by atoms with Crippen LogP contribution in [0.2, 0.25) is 0 Å². The Kier molecular flexibility index (Phi) is 3.70. The molecule has 4 nitrogen and oxygen atoms in total. The molecule has 0 aliphatic heterocycles. The van der Waals surface area contributed by atoms with E-state index in [1.807, 2.05) is 30.3 Å². The maximum absolute atomic E-state index is 7.93. The molecule has 1 aromatic carbocycles. The van der Waals surface area contributed by atoms with E-state index in [-0.39, 0.29) is 0 Å². The molecule has 0 saturated heterocycles. The van der Waals surface area contributed by atoms with E-state index in [1.165, 1.54) is 6.26 Å². The fourth-order valence-corrected chi connectivity index (χ4v) is 1.14. The highest BCUT2D eigenvalue weighted by molar-refractivity contribution is 6.18. The van der Waals surface area contributed by atoms with Crippen LogP contribution >= 0.6 is 0 Å². The first-order valence-corrected chi connectivity index (χ1v) is 4.44. The standard InChI is InChI=1S/C7H7NO3Si/c8-6-9-11-12-10-7-4-2-1-3-5-7/h1-5H,12H2. The van der Waals surface area contributed by atoms with Gasteiger partial charge in [-0.25, -0.2) is 0 Å². The predicted molar refractivity (Wildman–Crippen MR) is 43.4 cm³/mol. The summed E-state index contributed by atoms with van der Waals surface area (Å²) >= 11 is 0. The predicted octanol–water partition coefficient (Wildman–Crippen LogP) is 0.493. The SMILES string of the molecule is N#COO[SiH2]Oc1ccccc1. The Morgan fingerprint density at radius 2 is 2.00 bits per heavy atom. The fourth-order valence-electron chi connectivity index (χ4n) is 0.659. The van der Waals surface area contributed by atoms with E-state index in [1.54, 1.807) is 0 Å². The van der Waals surface area contributed by atoms with Crippen LogP contribution in [0.15, 0.2) is 30.3 Å². The minimum absolute atomic E-state index is 0.728. The van der Waals surface area contributed by atoms with E-state index in [2.05, 4.69) is 9.46 Å². The quantitative estimate of drug-likeness (QED) is 0.223. The van der Waals surface area contributed by atoms with Crippen molar-refractivity contribution in [3.63, 3.8) is 0 Å². The molecule has 5 heteroatoms. The Morgan fingerprint density at radius 3 is 2.67 bits per heavy atom. The second kappa shape index (κ2) is 5.18. The molecule has 0 radical (unpaired) electrons. The van der Waals surface area contributed by atoms with Gasteiger partial charge in [-0.1, -0.05) is 18.2 Å². The summed E-state index contributed by atoms with van der Waals surface area (Å²) < 4.78 is 9.59. The molecule has 0 aliphatic carbocycles. The van der Waals surface area contributed by atoms with E-state index >= 15 is 0 Å². The first kappa shape index (κ1) is 8.58. The Labute approximate surface area is 72.3 Å². The molecule has 0 heterocycles. The number of nitrogens with zero attached hydrogens (tertiary/aromatic N) is 1. The molecule has 0 fully saturated rings. The van der Waals surface area contributed by atoms with Gasteiger partial charge in [-0.3, -0.25) is 4.89 Å². The molecular formula is C7H7NO3Si. The van der Waals surface area contributed by atoms with Crippen LogP contribution < -0.4 is 4.43 Å². The highest BCUT2D eigenvalue weighted by atomic mass is 28.3. The van der Waals surface area contributed by atoms with Crippen molar-refractivity contribution in [2.45, 2.75) is 0 Å². The third-order valence-electron chi connectivity index (χ3n) is 1.11. The van der Waals surface area contributed by atoms with Crippen molar-refractivity contribution in [1.29, 1.82) is 5.26 Å². The summed E-state index contributed by atoms with van der Waals surface area (Å²) in [6.45, 7) is 0. The minimum Gasteiger partial charge on any atom is -0.522 e. The van der Waals surface area contributed by atoms with Crippen molar-refractivity contribution in [2.75, 3.05) is 0 Å². The fraction of sp³-hybridized carbons (Fsp3) is 0. The molecule has 0 unspecified atom stereocenters. The van der Waals surface area contributed by atoms with E-state index in [4.69, 9.17) is 9.69 Å². The summed E-state index contributed by atoms with van der Waals surface area (Å²) in [6.07, 6.45) is 1.39. The summed E-state index contributed by atoms with van der Waals surface area (Å²) in [5.74, 6) is 0.728. The van der Waals surface area contributed by atoms with Crippen molar-refractivity contribution in [3.05, 3.63) is 30.3 Å². The van der Waals surface area contributed by atoms with Crippen LogP contribution in [0.3, 0.4) is 0 Å². The van der Waals surface area contributed by atoms with Gasteiger partial charge in [0.2, 0.25) is 0 Å². The largest absolute Gasteiger partial charge is 0.522 e. The first-order chi connectivity index (χ1) is 5.93. The van der Waals surface area contributed by atoms with Gasteiger partial charge in [-0.2, -0.15) is 4.58 Å². The van der Waals surface area contributed by atoms with Gasteiger partial charge in [-0.15, -0.1) is 5.26 Å². The lowest BCUT2D eigenvalue weighted by Crippen LogP contribution is -2.06. The number of nitriles is 1. The Hall–Kier alpha value is -1.51. The first-order valence-electron chi connectivity index (χ1n) is 3.29. The number of hydrogen-bond donors (Lipinski definition) is 0. The zero-order chi connectivity index (χ0) is 8.65. The Morgan fingerprint density at radius 1 is 1.25 bits per heavy atom. The molecule has 0 N–H and O–H groups in total. The number of hydrogen-bond acceptors (Lipinski definition) is 4. The molecule has 62 valence electrons. The van der Waals surface area contributed by atoms with Gasteiger partial charge in [0.1, 0.15) is 5.75 Å². The lowest BCUT2D eigenvalue weighted by Gasteiger charge is -2.02. The second-order valence-electron chi connectivity index (χ2n) is 1.87. The van der Waals surface area contributed by atoms with Crippen molar-refractivity contribution >= 4 is 10.0 Å². The molecule has 0 bridgehead atoms. The zero-order valence-corrected chi connectivity index (χ0v) is 7.68. The lowest BCUT2D eigenvalue weighted by molar-refractivity contribution is -0.146. The summed E-state index contributed by atoms with van der Waals surface area (Å²) in [7, 11) is -1.24. The average molecular weight is 181 g/mol. The van der Waals surface area contributed by atoms with Gasteiger partial charge in [-0.05, 0) is 12.1 Å². The van der Waals surface area contributed by atoms with Crippen LogP contribution in [0.4, 0.5) is 0 Å². The molecule has 0 aromatic heterocycles. The normalized spacial score (nSPS) is 9.58. The van der Waals surface area contributed by atoms with Crippen molar-refractivity contribution in [2.24, 2.45) is 0 Å².